The van der Waals surface area contributed by atoms with Crippen LogP contribution in [0.2, 0.25) is 0 Å². The van der Waals surface area contributed by atoms with Crippen LogP contribution >= 0.6 is 0 Å². The van der Waals surface area contributed by atoms with E-state index in [2.05, 4.69) is 0 Å². The lowest BCUT2D eigenvalue weighted by molar-refractivity contribution is -0.137. The van der Waals surface area contributed by atoms with Gasteiger partial charge in [-0.05, 0) is 27.7 Å². The molecule has 1 aliphatic heterocycles. The Balaban J connectivity index is 2.33. The Bertz CT molecular complexity index is 372. The van der Waals surface area contributed by atoms with Crippen molar-refractivity contribution in [3.8, 4) is 0 Å². The van der Waals surface area contributed by atoms with Gasteiger partial charge in [0.25, 0.3) is 0 Å². The highest BCUT2D eigenvalue weighted by atomic mass is 16.6. The minimum atomic E-state index is -0.500. The van der Waals surface area contributed by atoms with E-state index in [-0.39, 0.29) is 12.2 Å². The van der Waals surface area contributed by atoms with Crippen molar-refractivity contribution in [3.63, 3.8) is 0 Å². The third-order valence-electron chi connectivity index (χ3n) is 2.56. The van der Waals surface area contributed by atoms with Crippen LogP contribution in [-0.2, 0) is 19.0 Å². The zero-order valence-electron chi connectivity index (χ0n) is 12.5. The van der Waals surface area contributed by atoms with Crippen molar-refractivity contribution in [1.29, 1.82) is 0 Å². The van der Waals surface area contributed by atoms with Crippen LogP contribution in [0.4, 0.5) is 4.79 Å². The highest BCUT2D eigenvalue weighted by Gasteiger charge is 2.30. The molecule has 0 aromatic heterocycles. The van der Waals surface area contributed by atoms with Gasteiger partial charge in [0.05, 0.1) is 25.5 Å². The minimum Gasteiger partial charge on any atom is -0.496 e. The molecule has 1 rings (SSSR count). The predicted molar refractivity (Wildman–Crippen MR) is 73.1 cm³/mol. The molecule has 0 aromatic rings. The van der Waals surface area contributed by atoms with Gasteiger partial charge in [-0.1, -0.05) is 0 Å². The Morgan fingerprint density at radius 2 is 2.05 bits per heavy atom. The fourth-order valence-corrected chi connectivity index (χ4v) is 1.73. The van der Waals surface area contributed by atoms with E-state index < -0.39 is 11.6 Å². The summed E-state index contributed by atoms with van der Waals surface area (Å²) in [6.45, 7) is 8.61. The molecular formula is C14H23NO5. The molecule has 0 unspecified atom stereocenters. The molecule has 0 N–H and O–H groups in total. The first-order chi connectivity index (χ1) is 9.31. The number of hydrogen-bond acceptors (Lipinski definition) is 5. The molecule has 0 saturated carbocycles. The zero-order chi connectivity index (χ0) is 15.2. The molecule has 1 heterocycles. The standard InChI is InChI=1S/C14H23NO5/c1-5-18-12(16)7-9-19-11-6-8-15(10-11)13(17)20-14(2,3)4/h7,9,11H,5-6,8,10H2,1-4H3/b9-7+/t11-/m1/s1. The first kappa shape index (κ1) is 16.3. The van der Waals surface area contributed by atoms with Crippen molar-refractivity contribution < 1.29 is 23.8 Å². The summed E-state index contributed by atoms with van der Waals surface area (Å²) in [5.41, 5.74) is -0.500. The molecule has 1 atom stereocenters. The molecular weight excluding hydrogens is 262 g/mol. The van der Waals surface area contributed by atoms with Crippen LogP contribution in [0.15, 0.2) is 12.3 Å². The second-order valence-corrected chi connectivity index (χ2v) is 5.53. The summed E-state index contributed by atoms with van der Waals surface area (Å²) in [6.07, 6.45) is 2.82. The van der Waals surface area contributed by atoms with E-state index in [1.54, 1.807) is 11.8 Å². The van der Waals surface area contributed by atoms with E-state index >= 15 is 0 Å². The van der Waals surface area contributed by atoms with E-state index in [0.717, 1.165) is 0 Å². The fraction of sp³-hybridized carbons (Fsp3) is 0.714. The smallest absolute Gasteiger partial charge is 0.410 e. The van der Waals surface area contributed by atoms with E-state index in [4.69, 9.17) is 14.2 Å². The zero-order valence-corrected chi connectivity index (χ0v) is 12.5. The van der Waals surface area contributed by atoms with Crippen molar-refractivity contribution in [1.82, 2.24) is 4.90 Å². The summed E-state index contributed by atoms with van der Waals surface area (Å²) in [5, 5.41) is 0. The van der Waals surface area contributed by atoms with Crippen LogP contribution in [0, 0.1) is 0 Å². The number of rotatable bonds is 4. The van der Waals surface area contributed by atoms with Gasteiger partial charge in [0.1, 0.15) is 11.7 Å². The molecule has 1 fully saturated rings. The van der Waals surface area contributed by atoms with Crippen molar-refractivity contribution in [2.24, 2.45) is 0 Å². The lowest BCUT2D eigenvalue weighted by Gasteiger charge is -2.24. The summed E-state index contributed by atoms with van der Waals surface area (Å²) in [5.74, 6) is -0.436. The number of amides is 1. The Kier molecular flexibility index (Phi) is 5.85. The van der Waals surface area contributed by atoms with Crippen molar-refractivity contribution >= 4 is 12.1 Å². The van der Waals surface area contributed by atoms with Gasteiger partial charge in [0.2, 0.25) is 0 Å². The van der Waals surface area contributed by atoms with Gasteiger partial charge < -0.3 is 19.1 Å². The summed E-state index contributed by atoms with van der Waals surface area (Å²) < 4.78 is 15.4. The molecule has 6 nitrogen and oxygen atoms in total. The van der Waals surface area contributed by atoms with Crippen molar-refractivity contribution in [2.45, 2.75) is 45.8 Å². The number of hydrogen-bond donors (Lipinski definition) is 0. The highest BCUT2D eigenvalue weighted by Crippen LogP contribution is 2.17. The second kappa shape index (κ2) is 7.17. The van der Waals surface area contributed by atoms with Gasteiger partial charge in [-0.15, -0.1) is 0 Å². The molecule has 0 spiro atoms. The van der Waals surface area contributed by atoms with Gasteiger partial charge in [0.15, 0.2) is 0 Å². The summed E-state index contributed by atoms with van der Waals surface area (Å²) in [7, 11) is 0. The topological polar surface area (TPSA) is 65.1 Å². The molecule has 0 radical (unpaired) electrons. The largest absolute Gasteiger partial charge is 0.496 e. The van der Waals surface area contributed by atoms with E-state index in [1.807, 2.05) is 20.8 Å². The van der Waals surface area contributed by atoms with Gasteiger partial charge >= 0.3 is 12.1 Å². The van der Waals surface area contributed by atoms with E-state index in [1.165, 1.54) is 12.3 Å². The van der Waals surface area contributed by atoms with Gasteiger partial charge in [0, 0.05) is 13.0 Å². The minimum absolute atomic E-state index is 0.117. The van der Waals surface area contributed by atoms with Crippen LogP contribution in [0.5, 0.6) is 0 Å². The molecule has 0 aromatic carbocycles. The molecule has 1 saturated heterocycles. The second-order valence-electron chi connectivity index (χ2n) is 5.53. The van der Waals surface area contributed by atoms with Gasteiger partial charge in [-0.3, -0.25) is 0 Å². The third kappa shape index (κ3) is 5.95. The van der Waals surface area contributed by atoms with Crippen LogP contribution in [-0.4, -0.2) is 48.4 Å². The number of ether oxygens (including phenoxy) is 3. The Morgan fingerprint density at radius 1 is 1.35 bits per heavy atom. The Hall–Kier alpha value is -1.72. The highest BCUT2D eigenvalue weighted by molar-refractivity contribution is 5.81. The monoisotopic (exact) mass is 285 g/mol. The van der Waals surface area contributed by atoms with Crippen molar-refractivity contribution in [3.05, 3.63) is 12.3 Å². The summed E-state index contributed by atoms with van der Waals surface area (Å²) in [4.78, 5) is 24.5. The lowest BCUT2D eigenvalue weighted by atomic mass is 10.2. The molecule has 1 aliphatic rings. The summed E-state index contributed by atoms with van der Waals surface area (Å²) >= 11 is 0. The first-order valence-electron chi connectivity index (χ1n) is 6.78. The van der Waals surface area contributed by atoms with Crippen molar-refractivity contribution in [2.75, 3.05) is 19.7 Å². The number of esters is 1. The predicted octanol–water partition coefficient (Wildman–Crippen LogP) is 2.09. The van der Waals surface area contributed by atoms with Crippen LogP contribution in [0.3, 0.4) is 0 Å². The first-order valence-corrected chi connectivity index (χ1v) is 6.78. The molecule has 6 heteroatoms. The fourth-order valence-electron chi connectivity index (χ4n) is 1.73. The van der Waals surface area contributed by atoms with Gasteiger partial charge in [-0.2, -0.15) is 0 Å². The number of nitrogens with zero attached hydrogens (tertiary/aromatic N) is 1. The molecule has 0 aliphatic carbocycles. The average Bonchev–Trinajstić information content (AvgIpc) is 2.76. The lowest BCUT2D eigenvalue weighted by Crippen LogP contribution is -2.35. The summed E-state index contributed by atoms with van der Waals surface area (Å²) in [6, 6.07) is 0. The van der Waals surface area contributed by atoms with Crippen LogP contribution in [0.1, 0.15) is 34.1 Å². The number of carbonyl (C=O) groups is 2. The maximum atomic E-state index is 11.8. The third-order valence-corrected chi connectivity index (χ3v) is 2.56. The number of likely N-dealkylation sites (tertiary alicyclic amines) is 1. The van der Waals surface area contributed by atoms with E-state index in [0.29, 0.717) is 26.1 Å². The molecule has 20 heavy (non-hydrogen) atoms. The molecule has 0 bridgehead atoms. The number of carbonyl (C=O) groups excluding carboxylic acids is 2. The maximum Gasteiger partial charge on any atom is 0.410 e. The van der Waals surface area contributed by atoms with Crippen LogP contribution < -0.4 is 0 Å². The quantitative estimate of drug-likeness (QED) is 0.449. The van der Waals surface area contributed by atoms with Crippen LogP contribution in [0.25, 0.3) is 0 Å². The average molecular weight is 285 g/mol. The SMILES string of the molecule is CCOC(=O)/C=C/O[C@@H]1CCN(C(=O)OC(C)(C)C)C1. The van der Waals surface area contributed by atoms with Gasteiger partial charge in [-0.25, -0.2) is 9.59 Å². The molecule has 1 amide bonds. The maximum absolute atomic E-state index is 11.8. The molecule has 114 valence electrons. The van der Waals surface area contributed by atoms with E-state index in [9.17, 15) is 9.59 Å². The Morgan fingerprint density at radius 3 is 2.65 bits per heavy atom. The Labute approximate surface area is 119 Å². The normalized spacial score (nSPS) is 19.2.